The van der Waals surface area contributed by atoms with Crippen LogP contribution in [0.3, 0.4) is 0 Å². The highest BCUT2D eigenvalue weighted by Crippen LogP contribution is 2.58. The van der Waals surface area contributed by atoms with Crippen molar-refractivity contribution < 1.29 is 19.8 Å². The van der Waals surface area contributed by atoms with Crippen LogP contribution in [0.2, 0.25) is 0 Å². The lowest BCUT2D eigenvalue weighted by molar-refractivity contribution is -0.345. The lowest BCUT2D eigenvalue weighted by Gasteiger charge is -2.29. The Morgan fingerprint density at radius 2 is 0.500 bits per heavy atom. The Balaban J connectivity index is 0.000000689. The first-order chi connectivity index (χ1) is 23.5. The minimum absolute atomic E-state index is 1.16. The predicted octanol–water partition coefficient (Wildman–Crippen LogP) is 4.24. The standard InChI is InChI=1S/C40H38P2.C2H2O4/c1-7-21-35(22-8-1)41(36-23-9-2-10-24-36,37-25-11-3-12-26-37)33-19-20-34-42(38-27-13-4-14-28-38,39-29-15-5-16-30-39)40-31-17-6-18-32-40;3-1(4)2(5)6/h1-18,21-32H,19-20,33-34H2;(H,3,4)(H,5,6)/q+2;/p-2. The summed E-state index contributed by atoms with van der Waals surface area (Å²) < 4.78 is 0. The minimum atomic E-state index is -2.19. The summed E-state index contributed by atoms with van der Waals surface area (Å²) in [5.41, 5.74) is 0. The number of carboxylic acid groups (broad SMARTS) is 2. The summed E-state index contributed by atoms with van der Waals surface area (Å²) in [6.07, 6.45) is 4.65. The zero-order chi connectivity index (χ0) is 33.7. The minimum Gasteiger partial charge on any atom is -0.543 e. The van der Waals surface area contributed by atoms with Crippen molar-refractivity contribution >= 4 is 58.3 Å². The van der Waals surface area contributed by atoms with Gasteiger partial charge in [-0.15, -0.1) is 0 Å². The number of carbonyl (C=O) groups excluding carboxylic acids is 2. The quantitative estimate of drug-likeness (QED) is 0.118. The molecule has 0 saturated heterocycles. The second kappa shape index (κ2) is 16.8. The topological polar surface area (TPSA) is 80.3 Å². The second-order valence-corrected chi connectivity index (χ2v) is 18.6. The van der Waals surface area contributed by atoms with Crippen LogP contribution in [-0.4, -0.2) is 24.3 Å². The summed E-state index contributed by atoms with van der Waals surface area (Å²) in [5.74, 6) is -4.37. The van der Waals surface area contributed by atoms with Crippen LogP contribution in [0.15, 0.2) is 182 Å². The van der Waals surface area contributed by atoms with E-state index in [-0.39, 0.29) is 0 Å². The van der Waals surface area contributed by atoms with E-state index in [0.717, 1.165) is 12.3 Å². The number of hydrogen-bond donors (Lipinski definition) is 0. The van der Waals surface area contributed by atoms with Crippen LogP contribution in [0, 0.1) is 0 Å². The summed E-state index contributed by atoms with van der Waals surface area (Å²) in [6, 6.07) is 67.8. The molecule has 6 aromatic rings. The zero-order valence-electron chi connectivity index (χ0n) is 26.7. The maximum Gasteiger partial charge on any atom is 0.112 e. The largest absolute Gasteiger partial charge is 0.543 e. The van der Waals surface area contributed by atoms with Gasteiger partial charge in [-0.05, 0) is 85.6 Å². The molecule has 0 atom stereocenters. The average molecular weight is 669 g/mol. The van der Waals surface area contributed by atoms with E-state index in [1.807, 2.05) is 0 Å². The molecule has 6 heteroatoms. The number of aliphatic carboxylic acids is 2. The van der Waals surface area contributed by atoms with E-state index in [0.29, 0.717) is 0 Å². The van der Waals surface area contributed by atoms with Gasteiger partial charge < -0.3 is 19.8 Å². The van der Waals surface area contributed by atoms with E-state index in [2.05, 4.69) is 182 Å². The molecule has 0 N–H and O–H groups in total. The van der Waals surface area contributed by atoms with Crippen LogP contribution in [-0.2, 0) is 9.59 Å². The Morgan fingerprint density at radius 3 is 0.646 bits per heavy atom. The van der Waals surface area contributed by atoms with Gasteiger partial charge in [0.15, 0.2) is 0 Å². The Bertz CT molecular complexity index is 1520. The van der Waals surface area contributed by atoms with Gasteiger partial charge in [-0.2, -0.15) is 0 Å². The van der Waals surface area contributed by atoms with Crippen LogP contribution in [0.25, 0.3) is 0 Å². The molecule has 6 aromatic carbocycles. The van der Waals surface area contributed by atoms with Crippen molar-refractivity contribution in [1.29, 1.82) is 0 Å². The van der Waals surface area contributed by atoms with Crippen molar-refractivity contribution in [1.82, 2.24) is 0 Å². The fourth-order valence-corrected chi connectivity index (χ4v) is 15.3. The van der Waals surface area contributed by atoms with Crippen molar-refractivity contribution in [2.75, 3.05) is 12.3 Å². The van der Waals surface area contributed by atoms with Crippen LogP contribution in [0.5, 0.6) is 0 Å². The van der Waals surface area contributed by atoms with Crippen molar-refractivity contribution in [2.24, 2.45) is 0 Å². The smallest absolute Gasteiger partial charge is 0.112 e. The van der Waals surface area contributed by atoms with E-state index >= 15 is 0 Å². The third kappa shape index (κ3) is 7.80. The van der Waals surface area contributed by atoms with Crippen molar-refractivity contribution in [3.63, 3.8) is 0 Å². The molecule has 0 bridgehead atoms. The number of hydrogen-bond acceptors (Lipinski definition) is 4. The zero-order valence-corrected chi connectivity index (χ0v) is 28.5. The Kier molecular flexibility index (Phi) is 12.1. The first-order valence-corrected chi connectivity index (χ1v) is 20.0. The summed E-state index contributed by atoms with van der Waals surface area (Å²) in [6.45, 7) is 0. The highest BCUT2D eigenvalue weighted by molar-refractivity contribution is 7.96. The summed E-state index contributed by atoms with van der Waals surface area (Å²) >= 11 is 0. The van der Waals surface area contributed by atoms with Gasteiger partial charge in [0.05, 0.1) is 24.3 Å². The normalized spacial score (nSPS) is 11.2. The number of rotatable bonds is 11. The molecule has 6 rings (SSSR count). The van der Waals surface area contributed by atoms with Crippen molar-refractivity contribution in [3.05, 3.63) is 182 Å². The van der Waals surface area contributed by atoms with Gasteiger partial charge in [0.25, 0.3) is 0 Å². The fraction of sp³-hybridized carbons (Fsp3) is 0.0952. The molecule has 0 aliphatic heterocycles. The maximum atomic E-state index is 8.93. The van der Waals surface area contributed by atoms with Gasteiger partial charge in [0.1, 0.15) is 46.4 Å². The number of unbranched alkanes of at least 4 members (excludes halogenated alkanes) is 1. The molecule has 0 heterocycles. The molecule has 0 spiro atoms. The molecule has 0 aromatic heterocycles. The average Bonchev–Trinajstić information content (AvgIpc) is 3.16. The third-order valence-corrected chi connectivity index (χ3v) is 17.6. The van der Waals surface area contributed by atoms with Gasteiger partial charge in [-0.3, -0.25) is 0 Å². The Morgan fingerprint density at radius 1 is 0.333 bits per heavy atom. The Labute approximate surface area is 284 Å². The molecule has 4 nitrogen and oxygen atoms in total. The van der Waals surface area contributed by atoms with Gasteiger partial charge in [0.2, 0.25) is 0 Å². The summed E-state index contributed by atoms with van der Waals surface area (Å²) in [5, 5.41) is 26.7. The van der Waals surface area contributed by atoms with E-state index in [1.165, 1.54) is 44.7 Å². The van der Waals surface area contributed by atoms with Crippen LogP contribution in [0.1, 0.15) is 12.8 Å². The fourth-order valence-electron chi connectivity index (χ4n) is 6.46. The van der Waals surface area contributed by atoms with Gasteiger partial charge in [-0.25, -0.2) is 0 Å². The van der Waals surface area contributed by atoms with E-state index in [1.54, 1.807) is 0 Å². The molecule has 0 aliphatic rings. The van der Waals surface area contributed by atoms with Crippen molar-refractivity contribution in [3.8, 4) is 0 Å². The molecule has 0 fully saturated rings. The molecule has 240 valence electrons. The van der Waals surface area contributed by atoms with E-state index in [4.69, 9.17) is 19.8 Å². The van der Waals surface area contributed by atoms with Gasteiger partial charge in [0, 0.05) is 0 Å². The summed E-state index contributed by atoms with van der Waals surface area (Å²) in [4.78, 5) is 17.9. The highest BCUT2D eigenvalue weighted by atomic mass is 31.2. The SMILES string of the molecule is O=C([O-])C(=O)[O-].c1ccc([P+](CCCC[P+](c2ccccc2)(c2ccccc2)c2ccccc2)(c2ccccc2)c2ccccc2)cc1. The number of carboxylic acids is 2. The van der Waals surface area contributed by atoms with Crippen molar-refractivity contribution in [2.45, 2.75) is 12.8 Å². The third-order valence-electron chi connectivity index (χ3n) is 8.59. The molecule has 0 saturated carbocycles. The first-order valence-electron chi connectivity index (χ1n) is 16.0. The monoisotopic (exact) mass is 668 g/mol. The van der Waals surface area contributed by atoms with Crippen LogP contribution < -0.4 is 42.0 Å². The number of carbonyl (C=O) groups is 2. The predicted molar refractivity (Wildman–Crippen MR) is 199 cm³/mol. The lowest BCUT2D eigenvalue weighted by Crippen LogP contribution is -2.42. The van der Waals surface area contributed by atoms with E-state index in [9.17, 15) is 0 Å². The lowest BCUT2D eigenvalue weighted by atomic mass is 10.3. The molecule has 48 heavy (non-hydrogen) atoms. The first kappa shape index (κ1) is 34.5. The molecule has 0 aliphatic carbocycles. The van der Waals surface area contributed by atoms with Gasteiger partial charge in [-0.1, -0.05) is 109 Å². The second-order valence-electron chi connectivity index (χ2n) is 11.4. The van der Waals surface area contributed by atoms with Gasteiger partial charge >= 0.3 is 0 Å². The molecular formula is C42H38O4P2. The van der Waals surface area contributed by atoms with Crippen LogP contribution in [0.4, 0.5) is 0 Å². The molecular weight excluding hydrogens is 630 g/mol. The maximum absolute atomic E-state index is 8.93. The number of benzene rings is 6. The Hall–Kier alpha value is -4.88. The highest BCUT2D eigenvalue weighted by Gasteiger charge is 2.47. The molecule has 0 amide bonds. The molecule has 0 radical (unpaired) electrons. The van der Waals surface area contributed by atoms with Crippen LogP contribution >= 0.6 is 14.5 Å². The molecule has 0 unspecified atom stereocenters. The van der Waals surface area contributed by atoms with E-state index < -0.39 is 26.5 Å². The summed E-state index contributed by atoms with van der Waals surface area (Å²) in [7, 11) is -3.68.